The summed E-state index contributed by atoms with van der Waals surface area (Å²) in [7, 11) is 0. The van der Waals surface area contributed by atoms with E-state index in [0.29, 0.717) is 12.1 Å². The van der Waals surface area contributed by atoms with Crippen LogP contribution in [0.2, 0.25) is 0 Å². The van der Waals surface area contributed by atoms with Gasteiger partial charge in [0.1, 0.15) is 0 Å². The highest BCUT2D eigenvalue weighted by Gasteiger charge is 2.21. The number of nitriles is 1. The van der Waals surface area contributed by atoms with Gasteiger partial charge in [-0.3, -0.25) is 0 Å². The number of rotatable bonds is 3. The predicted octanol–water partition coefficient (Wildman–Crippen LogP) is 2.65. The summed E-state index contributed by atoms with van der Waals surface area (Å²) in [4.78, 5) is 2.22. The predicted molar refractivity (Wildman–Crippen MR) is 78.5 cm³/mol. The number of benzene rings is 2. The van der Waals surface area contributed by atoms with Gasteiger partial charge >= 0.3 is 0 Å². The molecule has 1 aliphatic rings. The van der Waals surface area contributed by atoms with Crippen LogP contribution in [0.15, 0.2) is 48.5 Å². The maximum absolute atomic E-state index is 10.3. The molecule has 3 rings (SSSR count). The van der Waals surface area contributed by atoms with Crippen LogP contribution in [-0.4, -0.2) is 18.2 Å². The Labute approximate surface area is 118 Å². The van der Waals surface area contributed by atoms with E-state index >= 15 is 0 Å². The third kappa shape index (κ3) is 2.38. The Morgan fingerprint density at radius 2 is 1.90 bits per heavy atom. The van der Waals surface area contributed by atoms with E-state index in [9.17, 15) is 5.11 Å². The molecule has 1 atom stereocenters. The van der Waals surface area contributed by atoms with Gasteiger partial charge in [0, 0.05) is 18.8 Å². The van der Waals surface area contributed by atoms with Gasteiger partial charge in [-0.1, -0.05) is 30.3 Å². The van der Waals surface area contributed by atoms with Gasteiger partial charge in [-0.2, -0.15) is 5.26 Å². The molecule has 0 radical (unpaired) electrons. The Morgan fingerprint density at radius 3 is 2.65 bits per heavy atom. The smallest absolute Gasteiger partial charge is 0.0991 e. The highest BCUT2D eigenvalue weighted by Crippen LogP contribution is 2.29. The lowest BCUT2D eigenvalue weighted by Crippen LogP contribution is -2.26. The Bertz CT molecular complexity index is 643. The van der Waals surface area contributed by atoms with Crippen molar-refractivity contribution < 1.29 is 5.11 Å². The van der Waals surface area contributed by atoms with E-state index in [2.05, 4.69) is 29.2 Å². The molecule has 3 heteroatoms. The summed E-state index contributed by atoms with van der Waals surface area (Å²) in [5.74, 6) is 0. The molecular weight excluding hydrogens is 248 g/mol. The molecule has 1 N–H and O–H groups in total. The Kier molecular flexibility index (Phi) is 3.41. The summed E-state index contributed by atoms with van der Waals surface area (Å²) in [6, 6.07) is 17.6. The van der Waals surface area contributed by atoms with E-state index in [4.69, 9.17) is 5.26 Å². The van der Waals surface area contributed by atoms with Crippen molar-refractivity contribution in [2.24, 2.45) is 0 Å². The van der Waals surface area contributed by atoms with Gasteiger partial charge < -0.3 is 10.0 Å². The standard InChI is InChI=1S/C17H16N2O/c18-11-13-5-7-15(8-6-13)17(20)12-19-10-9-14-3-1-2-4-16(14)19/h1-8,17,20H,9-10,12H2. The van der Waals surface area contributed by atoms with Crippen LogP contribution in [0.1, 0.15) is 22.8 Å². The minimum atomic E-state index is -0.533. The molecule has 0 aliphatic carbocycles. The molecule has 0 saturated carbocycles. The largest absolute Gasteiger partial charge is 0.387 e. The Morgan fingerprint density at radius 1 is 1.15 bits per heavy atom. The first-order chi connectivity index (χ1) is 9.78. The second kappa shape index (κ2) is 5.36. The fraction of sp³-hybridized carbons (Fsp3) is 0.235. The molecule has 2 aromatic rings. The van der Waals surface area contributed by atoms with Crippen molar-refractivity contribution >= 4 is 5.69 Å². The maximum Gasteiger partial charge on any atom is 0.0991 e. The Hall–Kier alpha value is -2.31. The lowest BCUT2D eigenvalue weighted by molar-refractivity contribution is 0.184. The van der Waals surface area contributed by atoms with E-state index in [1.54, 1.807) is 12.1 Å². The number of anilines is 1. The fourth-order valence-corrected chi connectivity index (χ4v) is 2.69. The van der Waals surface area contributed by atoms with E-state index in [0.717, 1.165) is 18.5 Å². The molecule has 0 spiro atoms. The van der Waals surface area contributed by atoms with E-state index < -0.39 is 6.10 Å². The van der Waals surface area contributed by atoms with E-state index in [-0.39, 0.29) is 0 Å². The number of hydrogen-bond donors (Lipinski definition) is 1. The van der Waals surface area contributed by atoms with Crippen molar-refractivity contribution in [1.29, 1.82) is 5.26 Å². The third-order valence-electron chi connectivity index (χ3n) is 3.80. The molecule has 3 nitrogen and oxygen atoms in total. The number of β-amino-alcohol motifs (C(OH)–C–C–N with tert-alkyl or cyclic N) is 1. The van der Waals surface area contributed by atoms with Gasteiger partial charge in [0.2, 0.25) is 0 Å². The first kappa shape index (κ1) is 12.7. The average Bonchev–Trinajstić information content (AvgIpc) is 2.91. The molecule has 0 bridgehead atoms. The molecule has 1 heterocycles. The number of para-hydroxylation sites is 1. The first-order valence-corrected chi connectivity index (χ1v) is 6.79. The summed E-state index contributed by atoms with van der Waals surface area (Å²) < 4.78 is 0. The monoisotopic (exact) mass is 264 g/mol. The number of nitrogens with zero attached hydrogens (tertiary/aromatic N) is 2. The number of hydrogen-bond acceptors (Lipinski definition) is 3. The van der Waals surface area contributed by atoms with Gasteiger partial charge in [-0.25, -0.2) is 0 Å². The van der Waals surface area contributed by atoms with Crippen LogP contribution in [-0.2, 0) is 6.42 Å². The normalized spacial score (nSPS) is 14.7. The molecule has 100 valence electrons. The molecule has 1 unspecified atom stereocenters. The van der Waals surface area contributed by atoms with Crippen LogP contribution >= 0.6 is 0 Å². The second-order valence-corrected chi connectivity index (χ2v) is 5.07. The zero-order valence-electron chi connectivity index (χ0n) is 11.2. The van der Waals surface area contributed by atoms with Crippen molar-refractivity contribution in [3.8, 4) is 6.07 Å². The van der Waals surface area contributed by atoms with Gasteiger partial charge in [-0.05, 0) is 35.7 Å². The zero-order valence-corrected chi connectivity index (χ0v) is 11.2. The van der Waals surface area contributed by atoms with Crippen molar-refractivity contribution in [1.82, 2.24) is 0 Å². The Balaban J connectivity index is 1.73. The van der Waals surface area contributed by atoms with E-state index in [1.807, 2.05) is 18.2 Å². The molecule has 2 aromatic carbocycles. The molecule has 0 aromatic heterocycles. The number of aliphatic hydroxyl groups excluding tert-OH is 1. The molecule has 20 heavy (non-hydrogen) atoms. The minimum absolute atomic E-state index is 0.533. The lowest BCUT2D eigenvalue weighted by Gasteiger charge is -2.23. The highest BCUT2D eigenvalue weighted by atomic mass is 16.3. The number of aliphatic hydroxyl groups is 1. The molecule has 0 fully saturated rings. The molecule has 0 amide bonds. The van der Waals surface area contributed by atoms with Crippen LogP contribution in [0.3, 0.4) is 0 Å². The van der Waals surface area contributed by atoms with Gasteiger partial charge in [0.15, 0.2) is 0 Å². The average molecular weight is 264 g/mol. The van der Waals surface area contributed by atoms with Crippen molar-refractivity contribution in [2.75, 3.05) is 18.0 Å². The summed E-state index contributed by atoms with van der Waals surface area (Å²) in [6.45, 7) is 1.54. The van der Waals surface area contributed by atoms with Crippen LogP contribution < -0.4 is 4.90 Å². The quantitative estimate of drug-likeness (QED) is 0.927. The van der Waals surface area contributed by atoms with Crippen molar-refractivity contribution in [3.05, 3.63) is 65.2 Å². The van der Waals surface area contributed by atoms with Gasteiger partial charge in [0.25, 0.3) is 0 Å². The molecule has 0 saturated heterocycles. The minimum Gasteiger partial charge on any atom is -0.387 e. The van der Waals surface area contributed by atoms with Crippen LogP contribution in [0.25, 0.3) is 0 Å². The van der Waals surface area contributed by atoms with Gasteiger partial charge in [0.05, 0.1) is 17.7 Å². The summed E-state index contributed by atoms with van der Waals surface area (Å²) >= 11 is 0. The van der Waals surface area contributed by atoms with E-state index in [1.165, 1.54) is 11.3 Å². The lowest BCUT2D eigenvalue weighted by atomic mass is 10.1. The van der Waals surface area contributed by atoms with Crippen LogP contribution in [0, 0.1) is 11.3 Å². The van der Waals surface area contributed by atoms with Crippen molar-refractivity contribution in [3.63, 3.8) is 0 Å². The maximum atomic E-state index is 10.3. The van der Waals surface area contributed by atoms with Crippen LogP contribution in [0.5, 0.6) is 0 Å². The van der Waals surface area contributed by atoms with Gasteiger partial charge in [-0.15, -0.1) is 0 Å². The van der Waals surface area contributed by atoms with Crippen LogP contribution in [0.4, 0.5) is 5.69 Å². The number of fused-ring (bicyclic) bond motifs is 1. The first-order valence-electron chi connectivity index (χ1n) is 6.79. The summed E-state index contributed by atoms with van der Waals surface area (Å²) in [5, 5.41) is 19.1. The fourth-order valence-electron chi connectivity index (χ4n) is 2.69. The van der Waals surface area contributed by atoms with Crippen molar-refractivity contribution in [2.45, 2.75) is 12.5 Å². The molecule has 1 aliphatic heterocycles. The zero-order chi connectivity index (χ0) is 13.9. The molecular formula is C17H16N2O. The summed E-state index contributed by atoms with van der Waals surface area (Å²) in [5.41, 5.74) is 4.04. The second-order valence-electron chi connectivity index (χ2n) is 5.07. The summed E-state index contributed by atoms with van der Waals surface area (Å²) in [6.07, 6.45) is 0.505. The third-order valence-corrected chi connectivity index (χ3v) is 3.80. The highest BCUT2D eigenvalue weighted by molar-refractivity contribution is 5.58. The SMILES string of the molecule is N#Cc1ccc(C(O)CN2CCc3ccccc32)cc1. The topological polar surface area (TPSA) is 47.3 Å².